The third-order valence-electron chi connectivity index (χ3n) is 4.59. The zero-order valence-corrected chi connectivity index (χ0v) is 15.7. The van der Waals surface area contributed by atoms with Gasteiger partial charge in [0.15, 0.2) is 0 Å². The molecule has 1 N–H and O–H groups in total. The number of carbonyl (C=O) groups excluding carboxylic acids is 1. The van der Waals surface area contributed by atoms with Gasteiger partial charge < -0.3 is 19.5 Å². The van der Waals surface area contributed by atoms with Gasteiger partial charge in [-0.15, -0.1) is 0 Å². The van der Waals surface area contributed by atoms with Crippen molar-refractivity contribution in [2.24, 2.45) is 0 Å². The lowest BCUT2D eigenvalue weighted by atomic mass is 10.0. The Balaban J connectivity index is 1.58. The molecule has 144 valence electrons. The Bertz CT molecular complexity index is 717. The molecule has 1 fully saturated rings. The monoisotopic (exact) mass is 369 g/mol. The number of benzene rings is 2. The zero-order valence-electron chi connectivity index (χ0n) is 15.7. The van der Waals surface area contributed by atoms with Crippen LogP contribution in [0.1, 0.15) is 24.5 Å². The van der Waals surface area contributed by atoms with Crippen LogP contribution < -0.4 is 10.1 Å². The summed E-state index contributed by atoms with van der Waals surface area (Å²) in [6.07, 6.45) is 0.960. The highest BCUT2D eigenvalue weighted by Gasteiger charge is 2.27. The van der Waals surface area contributed by atoms with E-state index in [9.17, 15) is 4.79 Å². The molecule has 1 amide bonds. The second-order valence-corrected chi connectivity index (χ2v) is 6.59. The van der Waals surface area contributed by atoms with Gasteiger partial charge in [-0.2, -0.15) is 0 Å². The predicted octanol–water partition coefficient (Wildman–Crippen LogP) is 3.12. The van der Waals surface area contributed by atoms with Gasteiger partial charge in [0.25, 0.3) is 0 Å². The molecule has 0 bridgehead atoms. The maximum Gasteiger partial charge on any atom is 0.224 e. The predicted molar refractivity (Wildman–Crippen MR) is 104 cm³/mol. The van der Waals surface area contributed by atoms with Crippen LogP contribution in [0.4, 0.5) is 0 Å². The van der Waals surface area contributed by atoms with E-state index in [1.54, 1.807) is 0 Å². The van der Waals surface area contributed by atoms with Crippen LogP contribution in [0.15, 0.2) is 54.6 Å². The number of carbonyl (C=O) groups is 1. The third kappa shape index (κ3) is 5.81. The van der Waals surface area contributed by atoms with Crippen LogP contribution in [0.2, 0.25) is 0 Å². The molecule has 27 heavy (non-hydrogen) atoms. The van der Waals surface area contributed by atoms with Crippen molar-refractivity contribution in [3.05, 3.63) is 65.7 Å². The van der Waals surface area contributed by atoms with Crippen molar-refractivity contribution in [1.29, 1.82) is 0 Å². The largest absolute Gasteiger partial charge is 0.489 e. The average molecular weight is 369 g/mol. The Morgan fingerprint density at radius 1 is 1.15 bits per heavy atom. The van der Waals surface area contributed by atoms with E-state index in [-0.39, 0.29) is 24.5 Å². The minimum atomic E-state index is -0.0859. The Morgan fingerprint density at radius 2 is 1.93 bits per heavy atom. The van der Waals surface area contributed by atoms with E-state index in [0.717, 1.165) is 23.3 Å². The minimum Gasteiger partial charge on any atom is -0.489 e. The Labute approximate surface area is 160 Å². The number of nitrogens with one attached hydrogen (secondary N) is 1. The van der Waals surface area contributed by atoms with Gasteiger partial charge in [0.05, 0.1) is 19.1 Å². The number of rotatable bonds is 8. The fourth-order valence-corrected chi connectivity index (χ4v) is 3.21. The minimum absolute atomic E-state index is 0.0106. The Kier molecular flexibility index (Phi) is 7.25. The van der Waals surface area contributed by atoms with Crippen LogP contribution >= 0.6 is 0 Å². The summed E-state index contributed by atoms with van der Waals surface area (Å²) in [6.45, 7) is 4.21. The Morgan fingerprint density at radius 3 is 2.74 bits per heavy atom. The summed E-state index contributed by atoms with van der Waals surface area (Å²) in [5, 5.41) is 3.10. The van der Waals surface area contributed by atoms with Crippen molar-refractivity contribution in [2.75, 3.05) is 19.8 Å². The van der Waals surface area contributed by atoms with Gasteiger partial charge in [0.1, 0.15) is 18.5 Å². The van der Waals surface area contributed by atoms with Crippen molar-refractivity contribution in [3.8, 4) is 5.75 Å². The van der Waals surface area contributed by atoms with Crippen LogP contribution in [-0.4, -0.2) is 37.9 Å². The molecule has 0 saturated carbocycles. The van der Waals surface area contributed by atoms with Gasteiger partial charge in [0.2, 0.25) is 5.91 Å². The Hall–Kier alpha value is -2.37. The molecule has 2 aromatic rings. The van der Waals surface area contributed by atoms with E-state index >= 15 is 0 Å². The van der Waals surface area contributed by atoms with E-state index in [0.29, 0.717) is 26.4 Å². The fourth-order valence-electron chi connectivity index (χ4n) is 3.21. The number of hydrogen-bond donors (Lipinski definition) is 1. The molecule has 0 aromatic heterocycles. The second kappa shape index (κ2) is 10.1. The zero-order chi connectivity index (χ0) is 18.9. The van der Waals surface area contributed by atoms with Gasteiger partial charge in [-0.3, -0.25) is 4.79 Å². The molecule has 1 saturated heterocycles. The van der Waals surface area contributed by atoms with Gasteiger partial charge >= 0.3 is 0 Å². The van der Waals surface area contributed by atoms with Gasteiger partial charge in [-0.25, -0.2) is 0 Å². The molecule has 5 heteroatoms. The van der Waals surface area contributed by atoms with E-state index < -0.39 is 0 Å². The first kappa shape index (κ1) is 19.4. The van der Waals surface area contributed by atoms with Crippen LogP contribution in [-0.2, 0) is 27.3 Å². The highest BCUT2D eigenvalue weighted by atomic mass is 16.5. The molecule has 2 atom stereocenters. The first-order valence-corrected chi connectivity index (χ1v) is 9.49. The summed E-state index contributed by atoms with van der Waals surface area (Å²) in [4.78, 5) is 12.6. The van der Waals surface area contributed by atoms with Gasteiger partial charge in [-0.05, 0) is 25.0 Å². The molecule has 3 rings (SSSR count). The summed E-state index contributed by atoms with van der Waals surface area (Å²) in [7, 11) is 0. The summed E-state index contributed by atoms with van der Waals surface area (Å²) < 4.78 is 17.1. The molecule has 1 aliphatic rings. The smallest absolute Gasteiger partial charge is 0.224 e. The van der Waals surface area contributed by atoms with E-state index in [1.807, 2.05) is 61.5 Å². The molecular formula is C22H27NO4. The van der Waals surface area contributed by atoms with Crippen molar-refractivity contribution in [1.82, 2.24) is 5.32 Å². The number of hydrogen-bond acceptors (Lipinski definition) is 4. The number of ether oxygens (including phenoxy) is 3. The van der Waals surface area contributed by atoms with Crippen molar-refractivity contribution >= 4 is 5.91 Å². The van der Waals surface area contributed by atoms with E-state index in [2.05, 4.69) is 5.32 Å². The van der Waals surface area contributed by atoms with Crippen molar-refractivity contribution in [2.45, 2.75) is 38.5 Å². The number of para-hydroxylation sites is 1. The van der Waals surface area contributed by atoms with Crippen LogP contribution in [0.3, 0.4) is 0 Å². The quantitative estimate of drug-likeness (QED) is 0.777. The molecule has 0 unspecified atom stereocenters. The standard InChI is InChI=1S/C22H27NO4/c1-2-26-21-16-25-13-12-19(21)23-22(24)14-18-10-6-7-11-20(18)27-15-17-8-4-3-5-9-17/h3-11,19,21H,2,12-16H2,1H3,(H,23,24)/t19-,21-/m1/s1. The topological polar surface area (TPSA) is 56.8 Å². The summed E-state index contributed by atoms with van der Waals surface area (Å²) in [5.74, 6) is 0.715. The normalized spacial score (nSPS) is 19.4. The number of amides is 1. The van der Waals surface area contributed by atoms with Gasteiger partial charge in [0, 0.05) is 18.8 Å². The fraction of sp³-hybridized carbons (Fsp3) is 0.409. The molecule has 0 spiro atoms. The lowest BCUT2D eigenvalue weighted by molar-refractivity contribution is -0.125. The molecule has 0 radical (unpaired) electrons. The maximum atomic E-state index is 12.6. The highest BCUT2D eigenvalue weighted by molar-refractivity contribution is 5.79. The molecule has 0 aliphatic carbocycles. The molecule has 1 aliphatic heterocycles. The van der Waals surface area contributed by atoms with Crippen LogP contribution in [0, 0.1) is 0 Å². The maximum absolute atomic E-state index is 12.6. The van der Waals surface area contributed by atoms with Crippen LogP contribution in [0.25, 0.3) is 0 Å². The summed E-state index contributed by atoms with van der Waals surface area (Å²) in [5.41, 5.74) is 1.98. The summed E-state index contributed by atoms with van der Waals surface area (Å²) in [6, 6.07) is 17.7. The first-order chi connectivity index (χ1) is 13.3. The van der Waals surface area contributed by atoms with E-state index in [1.165, 1.54) is 0 Å². The lowest BCUT2D eigenvalue weighted by Crippen LogP contribution is -2.50. The molecule has 5 nitrogen and oxygen atoms in total. The SMILES string of the molecule is CCO[C@@H]1COCC[C@H]1NC(=O)Cc1ccccc1OCc1ccccc1. The van der Waals surface area contributed by atoms with Gasteiger partial charge in [-0.1, -0.05) is 48.5 Å². The lowest BCUT2D eigenvalue weighted by Gasteiger charge is -2.31. The average Bonchev–Trinajstić information content (AvgIpc) is 2.70. The molecule has 2 aromatic carbocycles. The molecule has 1 heterocycles. The molecular weight excluding hydrogens is 342 g/mol. The second-order valence-electron chi connectivity index (χ2n) is 6.59. The van der Waals surface area contributed by atoms with E-state index in [4.69, 9.17) is 14.2 Å². The summed E-state index contributed by atoms with van der Waals surface area (Å²) >= 11 is 0. The highest BCUT2D eigenvalue weighted by Crippen LogP contribution is 2.20. The third-order valence-corrected chi connectivity index (χ3v) is 4.59. The van der Waals surface area contributed by atoms with Crippen molar-refractivity contribution in [3.63, 3.8) is 0 Å². The van der Waals surface area contributed by atoms with Crippen LogP contribution in [0.5, 0.6) is 5.75 Å². The first-order valence-electron chi connectivity index (χ1n) is 9.49. The van der Waals surface area contributed by atoms with Crippen molar-refractivity contribution < 1.29 is 19.0 Å².